The van der Waals surface area contributed by atoms with Crippen LogP contribution in [-0.2, 0) is 0 Å². The molecule has 11 nitrogen and oxygen atoms in total. The number of hydrogen-bond donors (Lipinski definition) is 2. The second kappa shape index (κ2) is 3.88. The third-order valence-corrected chi connectivity index (χ3v) is 1.88. The molecule has 0 saturated carbocycles. The van der Waals surface area contributed by atoms with E-state index in [1.54, 1.807) is 0 Å². The first-order valence-corrected chi connectivity index (χ1v) is 3.92. The molecule has 0 radical (unpaired) electrons. The van der Waals surface area contributed by atoms with E-state index in [0.29, 0.717) is 6.07 Å². The van der Waals surface area contributed by atoms with E-state index >= 15 is 0 Å². The molecule has 4 N–H and O–H groups in total. The number of rotatable bonds is 3. The highest BCUT2D eigenvalue weighted by Crippen LogP contribution is 2.42. The van der Waals surface area contributed by atoms with Crippen molar-refractivity contribution in [3.63, 3.8) is 0 Å². The van der Waals surface area contributed by atoms with Gasteiger partial charge >= 0.3 is 17.1 Å². The molecular weight excluding hydrogens is 238 g/mol. The summed E-state index contributed by atoms with van der Waals surface area (Å²) in [6.07, 6.45) is 0. The number of nitrogens with two attached hydrogens (primary N) is 2. The van der Waals surface area contributed by atoms with Crippen LogP contribution >= 0.6 is 0 Å². The normalized spacial score (nSPS) is 9.88. The van der Waals surface area contributed by atoms with Gasteiger partial charge in [-0.3, -0.25) is 30.3 Å². The van der Waals surface area contributed by atoms with Gasteiger partial charge in [0.2, 0.25) is 0 Å². The molecule has 0 spiro atoms. The lowest BCUT2D eigenvalue weighted by Gasteiger charge is -2.02. The first-order valence-electron chi connectivity index (χ1n) is 3.92. The van der Waals surface area contributed by atoms with Crippen LogP contribution in [0.4, 0.5) is 28.4 Å². The van der Waals surface area contributed by atoms with E-state index in [9.17, 15) is 30.3 Å². The highest BCUT2D eigenvalue weighted by Gasteiger charge is 2.36. The molecule has 90 valence electrons. The van der Waals surface area contributed by atoms with Crippen LogP contribution in [0.1, 0.15) is 0 Å². The van der Waals surface area contributed by atoms with E-state index in [1.165, 1.54) is 0 Å². The molecule has 1 aromatic rings. The summed E-state index contributed by atoms with van der Waals surface area (Å²) in [7, 11) is 0. The molecule has 0 bridgehead atoms. The number of anilines is 2. The Labute approximate surface area is 92.1 Å². The van der Waals surface area contributed by atoms with Gasteiger partial charge in [0.1, 0.15) is 5.69 Å². The van der Waals surface area contributed by atoms with Gasteiger partial charge in [0, 0.05) is 0 Å². The summed E-state index contributed by atoms with van der Waals surface area (Å²) in [4.78, 5) is 28.4. The number of nitro groups is 3. The Kier molecular flexibility index (Phi) is 2.76. The lowest BCUT2D eigenvalue weighted by molar-refractivity contribution is -0.423. The Hall–Kier alpha value is -2.98. The first kappa shape index (κ1) is 12.1. The summed E-state index contributed by atoms with van der Waals surface area (Å²) in [6, 6.07) is 0.534. The maximum Gasteiger partial charge on any atom is 0.375 e. The molecule has 1 rings (SSSR count). The maximum absolute atomic E-state index is 10.6. The molecule has 0 unspecified atom stereocenters. The lowest BCUT2D eigenvalue weighted by atomic mass is 10.1. The van der Waals surface area contributed by atoms with Crippen LogP contribution < -0.4 is 11.5 Å². The van der Waals surface area contributed by atoms with E-state index in [1.807, 2.05) is 0 Å². The number of nitrogen functional groups attached to an aromatic ring is 2. The van der Waals surface area contributed by atoms with Crippen molar-refractivity contribution in [2.24, 2.45) is 0 Å². The molecule has 0 atom stereocenters. The van der Waals surface area contributed by atoms with Crippen molar-refractivity contribution in [2.45, 2.75) is 0 Å². The van der Waals surface area contributed by atoms with Crippen molar-refractivity contribution >= 4 is 28.4 Å². The minimum atomic E-state index is -1.17. The van der Waals surface area contributed by atoms with Crippen molar-refractivity contribution in [2.75, 3.05) is 11.5 Å². The predicted molar refractivity (Wildman–Crippen MR) is 55.2 cm³/mol. The number of benzene rings is 1. The zero-order valence-corrected chi connectivity index (χ0v) is 8.02. The summed E-state index contributed by atoms with van der Waals surface area (Å²) < 4.78 is 0. The number of hydrogen-bond acceptors (Lipinski definition) is 8. The SMILES string of the molecule is Nc1cc([N+](=O)[O-])c([N+](=O)[O-])c(N)c1[N+](=O)[O-]. The van der Waals surface area contributed by atoms with E-state index in [0.717, 1.165) is 0 Å². The molecule has 0 fully saturated rings. The minimum absolute atomic E-state index is 0.534. The van der Waals surface area contributed by atoms with Crippen molar-refractivity contribution in [1.82, 2.24) is 0 Å². The van der Waals surface area contributed by atoms with Crippen LogP contribution in [0, 0.1) is 30.3 Å². The van der Waals surface area contributed by atoms with Crippen molar-refractivity contribution < 1.29 is 14.8 Å². The summed E-state index contributed by atoms with van der Waals surface area (Å²) in [5.74, 6) is 0. The fourth-order valence-electron chi connectivity index (χ4n) is 1.22. The Bertz CT molecular complexity index is 540. The van der Waals surface area contributed by atoms with E-state index in [-0.39, 0.29) is 0 Å². The fourth-order valence-corrected chi connectivity index (χ4v) is 1.22. The molecule has 0 aliphatic rings. The molecule has 0 heterocycles. The van der Waals surface area contributed by atoms with Gasteiger partial charge in [-0.25, -0.2) is 0 Å². The molecule has 0 aliphatic heterocycles. The molecule has 17 heavy (non-hydrogen) atoms. The fraction of sp³-hybridized carbons (Fsp3) is 0. The molecule has 1 aromatic carbocycles. The van der Waals surface area contributed by atoms with E-state index in [2.05, 4.69) is 0 Å². The Morgan fingerprint density at radius 1 is 0.882 bits per heavy atom. The van der Waals surface area contributed by atoms with Crippen molar-refractivity contribution in [3.8, 4) is 0 Å². The molecule has 0 amide bonds. The minimum Gasteiger partial charge on any atom is -0.393 e. The third-order valence-electron chi connectivity index (χ3n) is 1.88. The first-order chi connectivity index (χ1) is 7.77. The molecular formula is C6H5N5O6. The summed E-state index contributed by atoms with van der Waals surface area (Å²) in [6.45, 7) is 0. The average molecular weight is 243 g/mol. The molecule has 0 aliphatic carbocycles. The number of nitrogens with zero attached hydrogens (tertiary/aromatic N) is 3. The third kappa shape index (κ3) is 1.88. The van der Waals surface area contributed by atoms with Gasteiger partial charge in [-0.2, -0.15) is 0 Å². The van der Waals surface area contributed by atoms with Gasteiger partial charge in [0.25, 0.3) is 0 Å². The zero-order chi connectivity index (χ0) is 13.3. The second-order valence-electron chi connectivity index (χ2n) is 2.87. The van der Waals surface area contributed by atoms with Crippen LogP contribution in [0.25, 0.3) is 0 Å². The van der Waals surface area contributed by atoms with Crippen molar-refractivity contribution in [1.29, 1.82) is 0 Å². The Balaban J connectivity index is 3.76. The van der Waals surface area contributed by atoms with Crippen LogP contribution in [0.15, 0.2) is 6.07 Å². The quantitative estimate of drug-likeness (QED) is 0.438. The van der Waals surface area contributed by atoms with E-state index in [4.69, 9.17) is 11.5 Å². The predicted octanol–water partition coefficient (Wildman–Crippen LogP) is 0.576. The lowest BCUT2D eigenvalue weighted by Crippen LogP contribution is -2.07. The Morgan fingerprint density at radius 2 is 1.35 bits per heavy atom. The smallest absolute Gasteiger partial charge is 0.375 e. The van der Waals surface area contributed by atoms with Gasteiger partial charge in [0.15, 0.2) is 5.69 Å². The summed E-state index contributed by atoms with van der Waals surface area (Å²) in [5.41, 5.74) is 5.75. The topological polar surface area (TPSA) is 181 Å². The highest BCUT2D eigenvalue weighted by atomic mass is 16.6. The summed E-state index contributed by atoms with van der Waals surface area (Å²) >= 11 is 0. The Morgan fingerprint density at radius 3 is 1.71 bits per heavy atom. The standard InChI is InChI=1S/C6H5N5O6/c7-2-1-3(9(12)13)6(11(16)17)4(8)5(2)10(14)15/h1H,7-8H2. The van der Waals surface area contributed by atoms with Gasteiger partial charge in [0.05, 0.1) is 20.8 Å². The highest BCUT2D eigenvalue weighted by molar-refractivity contribution is 5.86. The van der Waals surface area contributed by atoms with Gasteiger partial charge in [-0.15, -0.1) is 0 Å². The van der Waals surface area contributed by atoms with Gasteiger partial charge in [-0.05, 0) is 0 Å². The van der Waals surface area contributed by atoms with Gasteiger partial charge in [-0.1, -0.05) is 0 Å². The van der Waals surface area contributed by atoms with Crippen molar-refractivity contribution in [3.05, 3.63) is 36.4 Å². The van der Waals surface area contributed by atoms with Crippen LogP contribution in [0.2, 0.25) is 0 Å². The molecule has 0 aromatic heterocycles. The second-order valence-corrected chi connectivity index (χ2v) is 2.87. The van der Waals surface area contributed by atoms with E-state index < -0.39 is 43.2 Å². The largest absolute Gasteiger partial charge is 0.393 e. The molecule has 11 heteroatoms. The van der Waals surface area contributed by atoms with Crippen LogP contribution in [-0.4, -0.2) is 14.8 Å². The maximum atomic E-state index is 10.6. The molecule has 0 saturated heterocycles. The monoisotopic (exact) mass is 243 g/mol. The number of nitro benzene ring substituents is 3. The van der Waals surface area contributed by atoms with Gasteiger partial charge < -0.3 is 11.5 Å². The van der Waals surface area contributed by atoms with Crippen LogP contribution in [0.3, 0.4) is 0 Å². The summed E-state index contributed by atoms with van der Waals surface area (Å²) in [5, 5.41) is 31.7. The zero-order valence-electron chi connectivity index (χ0n) is 8.02. The average Bonchev–Trinajstić information content (AvgIpc) is 2.14. The van der Waals surface area contributed by atoms with Crippen LogP contribution in [0.5, 0.6) is 0 Å².